The largest absolute Gasteiger partial charge is 0.494 e. The Labute approximate surface area is 196 Å². The van der Waals surface area contributed by atoms with Gasteiger partial charge in [-0.15, -0.1) is 0 Å². The molecule has 10 heteroatoms. The zero-order chi connectivity index (χ0) is 24.7. The number of amidine groups is 1. The van der Waals surface area contributed by atoms with Crippen LogP contribution in [0.25, 0.3) is 0 Å². The lowest BCUT2D eigenvalue weighted by Crippen LogP contribution is -2.65. The van der Waals surface area contributed by atoms with Gasteiger partial charge in [0.05, 0.1) is 6.61 Å². The van der Waals surface area contributed by atoms with E-state index in [-0.39, 0.29) is 31.8 Å². The Bertz CT molecular complexity index is 1080. The topological polar surface area (TPSA) is 146 Å². The highest BCUT2D eigenvalue weighted by Crippen LogP contribution is 2.29. The van der Waals surface area contributed by atoms with Crippen LogP contribution in [0.15, 0.2) is 48.5 Å². The van der Waals surface area contributed by atoms with Gasteiger partial charge in [0.1, 0.15) is 22.9 Å². The molecule has 9 nitrogen and oxygen atoms in total. The predicted octanol–water partition coefficient (Wildman–Crippen LogP) is 1.68. The normalized spacial score (nSPS) is 15.4. The molecule has 2 amide bonds. The van der Waals surface area contributed by atoms with E-state index in [0.717, 1.165) is 4.90 Å². The number of nitrogens with zero attached hydrogens (tertiary/aromatic N) is 1. The summed E-state index contributed by atoms with van der Waals surface area (Å²) in [5.74, 6) is -2.99. The molecule has 0 saturated carbocycles. The van der Waals surface area contributed by atoms with Gasteiger partial charge in [-0.1, -0.05) is 12.1 Å². The molecule has 1 heterocycles. The molecule has 1 unspecified atom stereocenters. The number of ether oxygens (including phenoxy) is 1. The molecule has 0 spiro atoms. The van der Waals surface area contributed by atoms with Crippen molar-refractivity contribution in [1.82, 2.24) is 10.2 Å². The number of amides is 2. The first-order valence-corrected chi connectivity index (χ1v) is 10.9. The standard InChI is InChI=1S/C24H27FN4O5/c25-18-5-3-4-16(14-18)15-24(23(32)33,29-12-11-28-21(30)22(29)31)10-1-2-13-34-19-8-6-17(7-9-19)20(26)27/h3-9,14H,1-2,10-13,15H2,(H3,26,27)(H,28,30)(H,32,33). The molecule has 180 valence electrons. The first kappa shape index (κ1) is 24.7. The third-order valence-corrected chi connectivity index (χ3v) is 5.78. The molecular weight excluding hydrogens is 443 g/mol. The van der Waals surface area contributed by atoms with Crippen molar-refractivity contribution in [2.75, 3.05) is 19.7 Å². The fourth-order valence-electron chi connectivity index (χ4n) is 4.03. The molecule has 1 fully saturated rings. The first-order valence-electron chi connectivity index (χ1n) is 10.9. The minimum Gasteiger partial charge on any atom is -0.494 e. The Morgan fingerprint density at radius 2 is 1.94 bits per heavy atom. The average Bonchev–Trinajstić information content (AvgIpc) is 2.80. The molecule has 2 aromatic carbocycles. The molecule has 3 rings (SSSR count). The first-order chi connectivity index (χ1) is 16.2. The molecule has 1 aliphatic rings. The van der Waals surface area contributed by atoms with Crippen molar-refractivity contribution < 1.29 is 28.6 Å². The van der Waals surface area contributed by atoms with Gasteiger partial charge in [0, 0.05) is 25.1 Å². The number of hydrogen-bond acceptors (Lipinski definition) is 5. The number of carbonyl (C=O) groups excluding carboxylic acids is 2. The van der Waals surface area contributed by atoms with Crippen LogP contribution in [0.4, 0.5) is 4.39 Å². The van der Waals surface area contributed by atoms with E-state index >= 15 is 0 Å². The molecule has 1 saturated heterocycles. The Kier molecular flexibility index (Phi) is 7.83. The predicted molar refractivity (Wildman–Crippen MR) is 122 cm³/mol. The number of carboxylic acid groups (broad SMARTS) is 1. The van der Waals surface area contributed by atoms with Crippen molar-refractivity contribution in [3.05, 3.63) is 65.5 Å². The van der Waals surface area contributed by atoms with Crippen LogP contribution in [0, 0.1) is 11.2 Å². The van der Waals surface area contributed by atoms with Crippen LogP contribution in [-0.2, 0) is 20.8 Å². The molecule has 1 aliphatic heterocycles. The van der Waals surface area contributed by atoms with Gasteiger partial charge in [-0.25, -0.2) is 9.18 Å². The van der Waals surface area contributed by atoms with Crippen molar-refractivity contribution in [3.63, 3.8) is 0 Å². The summed E-state index contributed by atoms with van der Waals surface area (Å²) in [6.07, 6.45) is 0.802. The number of hydrogen-bond donors (Lipinski definition) is 4. The number of nitrogen functional groups attached to an aromatic ring is 1. The lowest BCUT2D eigenvalue weighted by molar-refractivity contribution is -0.165. The second kappa shape index (κ2) is 10.8. The van der Waals surface area contributed by atoms with Crippen LogP contribution >= 0.6 is 0 Å². The maximum atomic E-state index is 13.8. The summed E-state index contributed by atoms with van der Waals surface area (Å²) < 4.78 is 19.5. The zero-order valence-corrected chi connectivity index (χ0v) is 18.6. The van der Waals surface area contributed by atoms with E-state index in [9.17, 15) is 23.9 Å². The Hall–Kier alpha value is -3.95. The summed E-state index contributed by atoms with van der Waals surface area (Å²) in [6, 6.07) is 12.3. The van der Waals surface area contributed by atoms with E-state index in [1.807, 2.05) is 0 Å². The lowest BCUT2D eigenvalue weighted by Gasteiger charge is -2.42. The molecule has 0 bridgehead atoms. The third kappa shape index (κ3) is 5.69. The van der Waals surface area contributed by atoms with Crippen LogP contribution in [0.2, 0.25) is 0 Å². The van der Waals surface area contributed by atoms with Gasteiger partial charge >= 0.3 is 17.8 Å². The molecule has 2 aromatic rings. The zero-order valence-electron chi connectivity index (χ0n) is 18.6. The maximum Gasteiger partial charge on any atom is 0.329 e. The molecular formula is C24H27FN4O5. The maximum absolute atomic E-state index is 13.8. The van der Waals surface area contributed by atoms with Crippen LogP contribution in [0.3, 0.4) is 0 Å². The van der Waals surface area contributed by atoms with Gasteiger partial charge < -0.3 is 25.8 Å². The third-order valence-electron chi connectivity index (χ3n) is 5.78. The number of nitrogens with one attached hydrogen (secondary N) is 2. The highest BCUT2D eigenvalue weighted by atomic mass is 19.1. The SMILES string of the molecule is N=C(N)c1ccc(OCCCCC(Cc2cccc(F)c2)(C(=O)O)N2CCNC(=O)C2=O)cc1. The van der Waals surface area contributed by atoms with Crippen LogP contribution < -0.4 is 15.8 Å². The minimum atomic E-state index is -1.70. The number of unbranched alkanes of at least 4 members (excludes halogenated alkanes) is 1. The Morgan fingerprint density at radius 1 is 1.21 bits per heavy atom. The van der Waals surface area contributed by atoms with E-state index in [4.69, 9.17) is 15.9 Å². The number of rotatable bonds is 11. The van der Waals surface area contributed by atoms with Gasteiger partial charge in [0.2, 0.25) is 0 Å². The van der Waals surface area contributed by atoms with Gasteiger partial charge in [-0.05, 0) is 61.2 Å². The summed E-state index contributed by atoms with van der Waals surface area (Å²) in [4.78, 5) is 38.2. The van der Waals surface area contributed by atoms with Crippen molar-refractivity contribution in [2.24, 2.45) is 5.73 Å². The lowest BCUT2D eigenvalue weighted by atomic mass is 9.83. The molecule has 5 N–H and O–H groups in total. The van der Waals surface area contributed by atoms with E-state index in [2.05, 4.69) is 5.32 Å². The second-order valence-electron chi connectivity index (χ2n) is 8.10. The monoisotopic (exact) mass is 470 g/mol. The molecule has 34 heavy (non-hydrogen) atoms. The minimum absolute atomic E-state index is 0.0456. The van der Waals surface area contributed by atoms with Crippen molar-refractivity contribution in [3.8, 4) is 5.75 Å². The number of carboxylic acids is 1. The fourth-order valence-corrected chi connectivity index (χ4v) is 4.03. The molecule has 0 radical (unpaired) electrons. The van der Waals surface area contributed by atoms with Gasteiger partial charge in [0.15, 0.2) is 0 Å². The van der Waals surface area contributed by atoms with Crippen molar-refractivity contribution in [1.29, 1.82) is 5.41 Å². The summed E-state index contributed by atoms with van der Waals surface area (Å²) >= 11 is 0. The number of benzene rings is 2. The Balaban J connectivity index is 1.72. The van der Waals surface area contributed by atoms with Crippen molar-refractivity contribution in [2.45, 2.75) is 31.2 Å². The summed E-state index contributed by atoms with van der Waals surface area (Å²) in [7, 11) is 0. The number of piperazine rings is 1. The number of nitrogens with two attached hydrogens (primary N) is 1. The number of carbonyl (C=O) groups is 3. The molecule has 1 atom stereocenters. The fraction of sp³-hybridized carbons (Fsp3) is 0.333. The highest BCUT2D eigenvalue weighted by molar-refractivity contribution is 6.36. The van der Waals surface area contributed by atoms with Crippen LogP contribution in [-0.4, -0.2) is 58.9 Å². The van der Waals surface area contributed by atoms with Gasteiger partial charge in [0.25, 0.3) is 0 Å². The van der Waals surface area contributed by atoms with E-state index in [1.54, 1.807) is 30.3 Å². The van der Waals surface area contributed by atoms with Crippen LogP contribution in [0.5, 0.6) is 5.75 Å². The average molecular weight is 471 g/mol. The summed E-state index contributed by atoms with van der Waals surface area (Å²) in [5.41, 5.74) is 4.72. The number of aliphatic carboxylic acids is 1. The second-order valence-corrected chi connectivity index (χ2v) is 8.10. The van der Waals surface area contributed by atoms with Gasteiger partial charge in [-0.3, -0.25) is 15.0 Å². The quantitative estimate of drug-likeness (QED) is 0.170. The highest BCUT2D eigenvalue weighted by Gasteiger charge is 2.48. The van der Waals surface area contributed by atoms with E-state index in [1.165, 1.54) is 18.2 Å². The van der Waals surface area contributed by atoms with Crippen LogP contribution in [0.1, 0.15) is 30.4 Å². The van der Waals surface area contributed by atoms with E-state index < -0.39 is 29.1 Å². The summed E-state index contributed by atoms with van der Waals surface area (Å²) in [6.45, 7) is 0.483. The smallest absolute Gasteiger partial charge is 0.329 e. The Morgan fingerprint density at radius 3 is 2.59 bits per heavy atom. The van der Waals surface area contributed by atoms with E-state index in [0.29, 0.717) is 36.3 Å². The van der Waals surface area contributed by atoms with Crippen molar-refractivity contribution >= 4 is 23.6 Å². The van der Waals surface area contributed by atoms with Gasteiger partial charge in [-0.2, -0.15) is 0 Å². The molecule has 0 aliphatic carbocycles. The number of halogens is 1. The summed E-state index contributed by atoms with van der Waals surface area (Å²) in [5, 5.41) is 20.1. The molecule has 0 aromatic heterocycles.